The van der Waals surface area contributed by atoms with Gasteiger partial charge in [-0.25, -0.2) is 9.18 Å². The van der Waals surface area contributed by atoms with Crippen molar-refractivity contribution in [3.05, 3.63) is 99.4 Å². The number of phenolic OH excluding ortho intramolecular Hbond substituents is 1. The van der Waals surface area contributed by atoms with Crippen LogP contribution in [0.25, 0.3) is 11.3 Å². The average molecular weight is 539 g/mol. The van der Waals surface area contributed by atoms with E-state index in [1.165, 1.54) is 22.9 Å². The normalized spacial score (nSPS) is 12.8. The van der Waals surface area contributed by atoms with E-state index < -0.39 is 17.8 Å². The molecule has 7 nitrogen and oxygen atoms in total. The zero-order chi connectivity index (χ0) is 26.1. The molecule has 1 saturated carbocycles. The van der Waals surface area contributed by atoms with Crippen LogP contribution in [0.1, 0.15) is 40.4 Å². The maximum atomic E-state index is 14.0. The number of halogens is 3. The van der Waals surface area contributed by atoms with Crippen molar-refractivity contribution < 1.29 is 19.1 Å². The van der Waals surface area contributed by atoms with E-state index in [9.17, 15) is 19.1 Å². The second-order valence-electron chi connectivity index (χ2n) is 8.67. The van der Waals surface area contributed by atoms with E-state index in [1.807, 2.05) is 0 Å². The fourth-order valence-corrected chi connectivity index (χ4v) is 4.54. The summed E-state index contributed by atoms with van der Waals surface area (Å²) >= 11 is 12.3. The molecule has 3 N–H and O–H groups in total. The highest BCUT2D eigenvalue weighted by atomic mass is 35.5. The fraction of sp³-hybridized carbons (Fsp3) is 0.148. The second kappa shape index (κ2) is 10.2. The average Bonchev–Trinajstić information content (AvgIpc) is 3.62. The number of nitrogens with zero attached hydrogens (tertiary/aromatic N) is 2. The van der Waals surface area contributed by atoms with Crippen LogP contribution < -0.4 is 10.6 Å². The molecule has 5 rings (SSSR count). The first-order chi connectivity index (χ1) is 17.8. The van der Waals surface area contributed by atoms with Crippen molar-refractivity contribution in [3.8, 4) is 17.0 Å². The summed E-state index contributed by atoms with van der Waals surface area (Å²) < 4.78 is 15.2. The van der Waals surface area contributed by atoms with E-state index >= 15 is 0 Å². The molecule has 10 heteroatoms. The van der Waals surface area contributed by atoms with E-state index in [2.05, 4.69) is 15.7 Å². The van der Waals surface area contributed by atoms with Gasteiger partial charge in [0, 0.05) is 29.3 Å². The van der Waals surface area contributed by atoms with Crippen LogP contribution in [0.2, 0.25) is 10.0 Å². The Bertz CT molecular complexity index is 1500. The Labute approximate surface area is 221 Å². The summed E-state index contributed by atoms with van der Waals surface area (Å²) in [5.74, 6) is -0.836. The number of nitrogens with one attached hydrogen (secondary N) is 2. The summed E-state index contributed by atoms with van der Waals surface area (Å²) in [6, 6.07) is 16.7. The quantitative estimate of drug-likeness (QED) is 0.241. The highest BCUT2D eigenvalue weighted by molar-refractivity contribution is 6.40. The number of phenols is 1. The summed E-state index contributed by atoms with van der Waals surface area (Å²) in [7, 11) is 0. The van der Waals surface area contributed by atoms with E-state index in [0.717, 1.165) is 12.8 Å². The third kappa shape index (κ3) is 5.30. The van der Waals surface area contributed by atoms with Gasteiger partial charge in [0.25, 0.3) is 5.91 Å². The molecular formula is C27H21Cl2FN4O3. The molecule has 1 aliphatic rings. The smallest absolute Gasteiger partial charge is 0.342 e. The minimum absolute atomic E-state index is 0.00216. The lowest BCUT2D eigenvalue weighted by atomic mass is 10.1. The zero-order valence-electron chi connectivity index (χ0n) is 19.3. The highest BCUT2D eigenvalue weighted by Gasteiger charge is 2.31. The van der Waals surface area contributed by atoms with E-state index in [-0.39, 0.29) is 33.8 Å². The van der Waals surface area contributed by atoms with Crippen molar-refractivity contribution >= 4 is 40.8 Å². The predicted octanol–water partition coefficient (Wildman–Crippen LogP) is 6.59. The van der Waals surface area contributed by atoms with Gasteiger partial charge in [0.05, 0.1) is 27.0 Å². The van der Waals surface area contributed by atoms with Gasteiger partial charge in [-0.15, -0.1) is 0 Å². The highest BCUT2D eigenvalue weighted by Crippen LogP contribution is 2.42. The zero-order valence-corrected chi connectivity index (χ0v) is 20.9. The largest absolute Gasteiger partial charge is 0.507 e. The van der Waals surface area contributed by atoms with Crippen LogP contribution in [-0.4, -0.2) is 26.8 Å². The van der Waals surface area contributed by atoms with Crippen LogP contribution in [0.3, 0.4) is 0 Å². The minimum Gasteiger partial charge on any atom is -0.507 e. The molecule has 188 valence electrons. The van der Waals surface area contributed by atoms with Gasteiger partial charge in [-0.3, -0.25) is 4.79 Å². The Morgan fingerprint density at radius 2 is 1.76 bits per heavy atom. The lowest BCUT2D eigenvalue weighted by molar-refractivity contribution is 0.102. The van der Waals surface area contributed by atoms with E-state index in [0.29, 0.717) is 28.2 Å². The van der Waals surface area contributed by atoms with Gasteiger partial charge in [-0.1, -0.05) is 47.5 Å². The SMILES string of the molecule is O=C(Nc1ccc(O)c(-c2cc(C3CC3)n(C(=O)NCc3ccccc3F)n2)c1)c1c(Cl)cccc1Cl. The van der Waals surface area contributed by atoms with Gasteiger partial charge >= 0.3 is 6.03 Å². The Morgan fingerprint density at radius 1 is 1.03 bits per heavy atom. The Balaban J connectivity index is 1.41. The molecular weight excluding hydrogens is 518 g/mol. The molecule has 0 saturated heterocycles. The molecule has 0 radical (unpaired) electrons. The number of carbonyl (C=O) groups excluding carboxylic acids is 2. The molecule has 1 aliphatic carbocycles. The maximum Gasteiger partial charge on any atom is 0.342 e. The van der Waals surface area contributed by atoms with Crippen LogP contribution >= 0.6 is 23.2 Å². The van der Waals surface area contributed by atoms with Crippen LogP contribution in [-0.2, 0) is 6.54 Å². The summed E-state index contributed by atoms with van der Waals surface area (Å²) in [4.78, 5) is 25.8. The van der Waals surface area contributed by atoms with Crippen molar-refractivity contribution in [2.75, 3.05) is 5.32 Å². The molecule has 1 aromatic heterocycles. The van der Waals surface area contributed by atoms with Crippen LogP contribution in [0, 0.1) is 5.82 Å². The number of rotatable bonds is 6. The number of aromatic hydroxyl groups is 1. The maximum absolute atomic E-state index is 14.0. The van der Waals surface area contributed by atoms with Gasteiger partial charge in [-0.2, -0.15) is 9.78 Å². The fourth-order valence-electron chi connectivity index (χ4n) is 3.97. The number of aromatic nitrogens is 2. The molecule has 0 spiro atoms. The number of anilines is 1. The van der Waals surface area contributed by atoms with Crippen molar-refractivity contribution in [2.45, 2.75) is 25.3 Å². The number of hydrogen-bond acceptors (Lipinski definition) is 4. The van der Waals surface area contributed by atoms with Gasteiger partial charge in [0.1, 0.15) is 11.6 Å². The molecule has 1 heterocycles. The molecule has 2 amide bonds. The monoisotopic (exact) mass is 538 g/mol. The molecule has 3 aromatic carbocycles. The molecule has 0 unspecified atom stereocenters. The minimum atomic E-state index is -0.510. The Hall–Kier alpha value is -3.88. The molecule has 4 aromatic rings. The number of hydrogen-bond donors (Lipinski definition) is 3. The molecule has 0 atom stereocenters. The third-order valence-electron chi connectivity index (χ3n) is 6.03. The molecule has 0 bridgehead atoms. The first-order valence-electron chi connectivity index (χ1n) is 11.5. The van der Waals surface area contributed by atoms with Crippen LogP contribution in [0.4, 0.5) is 14.9 Å². The van der Waals surface area contributed by atoms with Gasteiger partial charge in [-0.05, 0) is 55.3 Å². The van der Waals surface area contributed by atoms with Crippen molar-refractivity contribution in [1.82, 2.24) is 15.1 Å². The summed E-state index contributed by atoms with van der Waals surface area (Å²) in [5, 5.41) is 20.8. The topological polar surface area (TPSA) is 96.2 Å². The number of carbonyl (C=O) groups is 2. The Kier molecular flexibility index (Phi) is 6.86. The third-order valence-corrected chi connectivity index (χ3v) is 6.66. The van der Waals surface area contributed by atoms with Crippen molar-refractivity contribution in [1.29, 1.82) is 0 Å². The number of amides is 2. The van der Waals surface area contributed by atoms with Crippen LogP contribution in [0.5, 0.6) is 5.75 Å². The van der Waals surface area contributed by atoms with Crippen molar-refractivity contribution in [2.24, 2.45) is 0 Å². The second-order valence-corrected chi connectivity index (χ2v) is 9.49. The van der Waals surface area contributed by atoms with E-state index in [1.54, 1.807) is 48.5 Å². The predicted molar refractivity (Wildman–Crippen MR) is 140 cm³/mol. The molecule has 37 heavy (non-hydrogen) atoms. The van der Waals surface area contributed by atoms with E-state index in [4.69, 9.17) is 23.2 Å². The first kappa shape index (κ1) is 24.8. The standard InChI is InChI=1S/C27H21Cl2FN4O3/c28-19-5-3-6-20(29)25(19)26(36)32-17-10-11-24(35)18(12-17)22-13-23(15-8-9-15)34(33-22)27(37)31-14-16-4-1-2-7-21(16)30/h1-7,10-13,15,35H,8-9,14H2,(H,31,37)(H,32,36). The van der Waals surface area contributed by atoms with Crippen molar-refractivity contribution in [3.63, 3.8) is 0 Å². The molecule has 0 aliphatic heterocycles. The first-order valence-corrected chi connectivity index (χ1v) is 12.3. The summed E-state index contributed by atoms with van der Waals surface area (Å²) in [6.45, 7) is 0.00216. The van der Waals surface area contributed by atoms with Gasteiger partial charge < -0.3 is 15.7 Å². The lowest BCUT2D eigenvalue weighted by Gasteiger charge is -2.10. The summed E-state index contributed by atoms with van der Waals surface area (Å²) in [6.07, 6.45) is 1.82. The van der Waals surface area contributed by atoms with Crippen LogP contribution in [0.15, 0.2) is 66.7 Å². The lowest BCUT2D eigenvalue weighted by Crippen LogP contribution is -2.30. The Morgan fingerprint density at radius 3 is 2.46 bits per heavy atom. The van der Waals surface area contributed by atoms with Gasteiger partial charge in [0.15, 0.2) is 0 Å². The van der Waals surface area contributed by atoms with Gasteiger partial charge in [0.2, 0.25) is 0 Å². The number of benzene rings is 3. The molecule has 1 fully saturated rings. The summed E-state index contributed by atoms with van der Waals surface area (Å²) in [5.41, 5.74) is 2.24.